The molecule has 156 valence electrons. The van der Waals surface area contributed by atoms with Crippen molar-refractivity contribution in [2.75, 3.05) is 20.2 Å². The second kappa shape index (κ2) is 8.57. The summed E-state index contributed by atoms with van der Waals surface area (Å²) in [6.45, 7) is 1.69. The van der Waals surface area contributed by atoms with E-state index in [2.05, 4.69) is 5.10 Å². The van der Waals surface area contributed by atoms with Crippen LogP contribution in [0, 0.1) is 0 Å². The van der Waals surface area contributed by atoms with Crippen LogP contribution in [0.4, 0.5) is 0 Å². The molecule has 0 bridgehead atoms. The van der Waals surface area contributed by atoms with E-state index in [4.69, 9.17) is 4.74 Å². The third-order valence-corrected chi connectivity index (χ3v) is 5.63. The van der Waals surface area contributed by atoms with Crippen LogP contribution in [0.5, 0.6) is 5.75 Å². The molecule has 0 N–H and O–H groups in total. The molecular formula is C23H26N4O3. The molecule has 1 saturated heterocycles. The number of benzene rings is 2. The fourth-order valence-electron chi connectivity index (χ4n) is 4.10. The van der Waals surface area contributed by atoms with Crippen molar-refractivity contribution in [1.29, 1.82) is 0 Å². The number of amides is 1. The van der Waals surface area contributed by atoms with Crippen molar-refractivity contribution in [3.05, 3.63) is 82.0 Å². The highest BCUT2D eigenvalue weighted by atomic mass is 16.5. The van der Waals surface area contributed by atoms with Crippen LogP contribution in [0.3, 0.4) is 0 Å². The van der Waals surface area contributed by atoms with Crippen LogP contribution >= 0.6 is 0 Å². The number of hydrogen-bond donors (Lipinski definition) is 0. The van der Waals surface area contributed by atoms with E-state index in [0.717, 1.165) is 24.2 Å². The Labute approximate surface area is 175 Å². The summed E-state index contributed by atoms with van der Waals surface area (Å²) in [5.41, 5.74) is 1.47. The molecule has 1 amide bonds. The topological polar surface area (TPSA) is 69.4 Å². The Balaban J connectivity index is 1.60. The summed E-state index contributed by atoms with van der Waals surface area (Å²) < 4.78 is 8.49. The number of likely N-dealkylation sites (tertiary alicyclic amines) is 1. The smallest absolute Gasteiger partial charge is 0.345 e. The van der Waals surface area contributed by atoms with Crippen molar-refractivity contribution in [2.24, 2.45) is 7.05 Å². The Bertz CT molecular complexity index is 1090. The van der Waals surface area contributed by atoms with E-state index in [-0.39, 0.29) is 17.5 Å². The molecule has 0 radical (unpaired) electrons. The summed E-state index contributed by atoms with van der Waals surface area (Å²) in [4.78, 5) is 27.7. The van der Waals surface area contributed by atoms with Gasteiger partial charge < -0.3 is 9.64 Å². The average Bonchev–Trinajstić information content (AvgIpc) is 3.08. The minimum absolute atomic E-state index is 0.00928. The Kier molecular flexibility index (Phi) is 5.70. The van der Waals surface area contributed by atoms with Crippen LogP contribution < -0.4 is 10.4 Å². The molecule has 1 unspecified atom stereocenters. The largest absolute Gasteiger partial charge is 0.496 e. The van der Waals surface area contributed by atoms with Gasteiger partial charge in [0.1, 0.15) is 11.6 Å². The summed E-state index contributed by atoms with van der Waals surface area (Å²) in [7, 11) is 3.25. The molecule has 2 heterocycles. The van der Waals surface area contributed by atoms with Crippen molar-refractivity contribution in [1.82, 2.24) is 19.2 Å². The fourth-order valence-corrected chi connectivity index (χ4v) is 4.10. The van der Waals surface area contributed by atoms with Gasteiger partial charge >= 0.3 is 5.69 Å². The van der Waals surface area contributed by atoms with Gasteiger partial charge in [-0.05, 0) is 30.5 Å². The number of nitrogens with zero attached hydrogens (tertiary/aromatic N) is 4. The van der Waals surface area contributed by atoms with Gasteiger partial charge in [-0.3, -0.25) is 9.36 Å². The molecule has 30 heavy (non-hydrogen) atoms. The number of carbonyl (C=O) groups is 1. The van der Waals surface area contributed by atoms with Gasteiger partial charge in [-0.2, -0.15) is 5.10 Å². The number of methoxy groups -OCH3 is 1. The van der Waals surface area contributed by atoms with Gasteiger partial charge in [0.05, 0.1) is 19.2 Å². The Morgan fingerprint density at radius 3 is 2.63 bits per heavy atom. The predicted octanol–water partition coefficient (Wildman–Crippen LogP) is 2.66. The monoisotopic (exact) mass is 406 g/mol. The molecule has 1 aliphatic rings. The number of hydrogen-bond acceptors (Lipinski definition) is 4. The number of carbonyl (C=O) groups excluding carboxylic acids is 1. The van der Waals surface area contributed by atoms with Crippen molar-refractivity contribution in [2.45, 2.75) is 25.3 Å². The van der Waals surface area contributed by atoms with Gasteiger partial charge in [0.25, 0.3) is 5.91 Å². The summed E-state index contributed by atoms with van der Waals surface area (Å²) in [5.74, 6) is 1.27. The molecule has 7 heteroatoms. The highest BCUT2D eigenvalue weighted by Gasteiger charge is 2.30. The molecule has 0 aliphatic carbocycles. The summed E-state index contributed by atoms with van der Waals surface area (Å²) >= 11 is 0. The number of piperidine rings is 1. The van der Waals surface area contributed by atoms with E-state index in [1.165, 1.54) is 4.68 Å². The lowest BCUT2D eigenvalue weighted by molar-refractivity contribution is 0.0699. The highest BCUT2D eigenvalue weighted by molar-refractivity contribution is 5.97. The normalized spacial score (nSPS) is 16.5. The first-order valence-corrected chi connectivity index (χ1v) is 10.2. The highest BCUT2D eigenvalue weighted by Crippen LogP contribution is 2.28. The minimum atomic E-state index is -0.137. The fraction of sp³-hybridized carbons (Fsp3) is 0.348. The lowest BCUT2D eigenvalue weighted by atomic mass is 9.96. The van der Waals surface area contributed by atoms with Crippen LogP contribution in [0.2, 0.25) is 0 Å². The first-order valence-electron chi connectivity index (χ1n) is 10.2. The quantitative estimate of drug-likeness (QED) is 0.653. The molecule has 0 spiro atoms. The Morgan fingerprint density at radius 2 is 1.87 bits per heavy atom. The van der Waals surface area contributed by atoms with E-state index < -0.39 is 0 Å². The third-order valence-electron chi connectivity index (χ3n) is 5.63. The third kappa shape index (κ3) is 3.87. The van der Waals surface area contributed by atoms with Crippen LogP contribution in [-0.4, -0.2) is 45.4 Å². The zero-order chi connectivity index (χ0) is 21.1. The molecule has 1 aliphatic heterocycles. The molecule has 1 aromatic heterocycles. The van der Waals surface area contributed by atoms with Crippen LogP contribution in [-0.2, 0) is 13.6 Å². The van der Waals surface area contributed by atoms with Crippen LogP contribution in [0.15, 0.2) is 59.4 Å². The van der Waals surface area contributed by atoms with E-state index in [9.17, 15) is 9.59 Å². The average molecular weight is 406 g/mol. The maximum Gasteiger partial charge on any atom is 0.345 e. The standard InChI is InChI=1S/C23H26N4O3/c1-25-23(29)27(15-17-9-4-3-5-10-17)21(24-25)18-11-8-14-26(16-18)22(28)19-12-6-7-13-20(19)30-2/h3-7,9-10,12-13,18H,8,11,14-16H2,1-2H3. The molecular weight excluding hydrogens is 380 g/mol. The van der Waals surface area contributed by atoms with E-state index in [1.54, 1.807) is 30.9 Å². The minimum Gasteiger partial charge on any atom is -0.496 e. The Morgan fingerprint density at radius 1 is 1.13 bits per heavy atom. The van der Waals surface area contributed by atoms with Crippen molar-refractivity contribution in [3.63, 3.8) is 0 Å². The molecule has 3 aromatic rings. The van der Waals surface area contributed by atoms with Gasteiger partial charge in [-0.1, -0.05) is 42.5 Å². The van der Waals surface area contributed by atoms with Gasteiger partial charge in [0, 0.05) is 26.1 Å². The number of ether oxygens (including phenoxy) is 1. The zero-order valence-corrected chi connectivity index (χ0v) is 17.3. The zero-order valence-electron chi connectivity index (χ0n) is 17.3. The first-order chi connectivity index (χ1) is 14.6. The SMILES string of the molecule is COc1ccccc1C(=O)N1CCCC(c2nn(C)c(=O)n2Cc2ccccc2)C1. The predicted molar refractivity (Wildman–Crippen MR) is 114 cm³/mol. The lowest BCUT2D eigenvalue weighted by Gasteiger charge is -2.32. The number of aromatic nitrogens is 3. The maximum atomic E-state index is 13.2. The van der Waals surface area contributed by atoms with Crippen LogP contribution in [0.1, 0.15) is 40.5 Å². The van der Waals surface area contributed by atoms with Crippen molar-refractivity contribution in [3.8, 4) is 5.75 Å². The van der Waals surface area contributed by atoms with E-state index >= 15 is 0 Å². The maximum absolute atomic E-state index is 13.2. The van der Waals surface area contributed by atoms with E-state index in [1.807, 2.05) is 47.4 Å². The van der Waals surface area contributed by atoms with Crippen molar-refractivity contribution >= 4 is 5.91 Å². The molecule has 0 saturated carbocycles. The summed E-state index contributed by atoms with van der Waals surface area (Å²) in [6, 6.07) is 17.2. The summed E-state index contributed by atoms with van der Waals surface area (Å²) in [6.07, 6.45) is 1.75. The lowest BCUT2D eigenvalue weighted by Crippen LogP contribution is -2.40. The second-order valence-electron chi connectivity index (χ2n) is 7.63. The van der Waals surface area contributed by atoms with Gasteiger partial charge in [-0.15, -0.1) is 0 Å². The van der Waals surface area contributed by atoms with Gasteiger partial charge in [0.15, 0.2) is 0 Å². The van der Waals surface area contributed by atoms with Crippen molar-refractivity contribution < 1.29 is 9.53 Å². The summed E-state index contributed by atoms with van der Waals surface area (Å²) in [5, 5.41) is 4.53. The second-order valence-corrected chi connectivity index (χ2v) is 7.63. The van der Waals surface area contributed by atoms with Gasteiger partial charge in [-0.25, -0.2) is 9.48 Å². The molecule has 2 aromatic carbocycles. The molecule has 1 atom stereocenters. The van der Waals surface area contributed by atoms with Crippen LogP contribution in [0.25, 0.3) is 0 Å². The molecule has 4 rings (SSSR count). The molecule has 7 nitrogen and oxygen atoms in total. The van der Waals surface area contributed by atoms with E-state index in [0.29, 0.717) is 30.9 Å². The number of para-hydroxylation sites is 1. The number of aryl methyl sites for hydroxylation is 1. The number of rotatable bonds is 5. The molecule has 1 fully saturated rings. The Hall–Kier alpha value is -3.35. The van der Waals surface area contributed by atoms with Gasteiger partial charge in [0.2, 0.25) is 0 Å². The first kappa shape index (κ1) is 19.9.